The first-order valence-corrected chi connectivity index (χ1v) is 10.4. The average Bonchev–Trinajstić information content (AvgIpc) is 3.46. The van der Waals surface area contributed by atoms with Crippen molar-refractivity contribution >= 4 is 29.9 Å². The number of likely N-dealkylation sites (tertiary alicyclic amines) is 1. The average molecular weight is 499 g/mol. The molecular weight excluding hydrogens is 465 g/mol. The summed E-state index contributed by atoms with van der Waals surface area (Å²) in [6.45, 7) is 4.91. The maximum absolute atomic E-state index is 5.68. The number of hydrogen-bond donors (Lipinski definition) is 1. The first-order chi connectivity index (χ1) is 13.2. The molecule has 1 aromatic rings. The van der Waals surface area contributed by atoms with Gasteiger partial charge in [0, 0.05) is 44.1 Å². The highest BCUT2D eigenvalue weighted by Gasteiger charge is 2.43. The monoisotopic (exact) mass is 499 g/mol. The Labute approximate surface area is 186 Å². The molecule has 1 spiro atoms. The van der Waals surface area contributed by atoms with Crippen LogP contribution in [0.15, 0.2) is 29.3 Å². The van der Waals surface area contributed by atoms with Crippen molar-refractivity contribution in [2.45, 2.75) is 43.9 Å². The number of guanidine groups is 1. The van der Waals surface area contributed by atoms with E-state index in [1.54, 1.807) is 7.11 Å². The van der Waals surface area contributed by atoms with Crippen LogP contribution in [-0.4, -0.2) is 57.9 Å². The second kappa shape index (κ2) is 9.20. The fourth-order valence-corrected chi connectivity index (χ4v) is 5.24. The van der Waals surface area contributed by atoms with Gasteiger partial charge in [-0.25, -0.2) is 0 Å². The van der Waals surface area contributed by atoms with Crippen LogP contribution in [0.2, 0.25) is 0 Å². The standard InChI is InChI=1S/C22H33N3O2.HI/c1-23-20(25-12-10-21(16-25)11-13-27-17-21)24-15-22(8-3-4-9-22)18-6-5-7-19(14-18)26-2;/h5-7,14H,3-4,8-13,15-17H2,1-2H3,(H,23,24);1H. The fourth-order valence-electron chi connectivity index (χ4n) is 5.24. The highest BCUT2D eigenvalue weighted by molar-refractivity contribution is 14.0. The number of nitrogens with zero attached hydrogens (tertiary/aromatic N) is 2. The van der Waals surface area contributed by atoms with Crippen LogP contribution in [0.3, 0.4) is 0 Å². The molecule has 1 atom stereocenters. The molecule has 1 saturated carbocycles. The van der Waals surface area contributed by atoms with Gasteiger partial charge in [-0.3, -0.25) is 4.99 Å². The van der Waals surface area contributed by atoms with Crippen molar-refractivity contribution in [1.29, 1.82) is 0 Å². The van der Waals surface area contributed by atoms with Crippen LogP contribution in [0.4, 0.5) is 0 Å². The third-order valence-corrected chi connectivity index (χ3v) is 6.96. The smallest absolute Gasteiger partial charge is 0.193 e. The van der Waals surface area contributed by atoms with Gasteiger partial charge in [-0.1, -0.05) is 25.0 Å². The van der Waals surface area contributed by atoms with Gasteiger partial charge in [0.1, 0.15) is 5.75 Å². The van der Waals surface area contributed by atoms with E-state index in [0.717, 1.165) is 44.6 Å². The van der Waals surface area contributed by atoms with Crippen molar-refractivity contribution < 1.29 is 9.47 Å². The Balaban J connectivity index is 0.00000225. The van der Waals surface area contributed by atoms with E-state index in [-0.39, 0.29) is 29.4 Å². The third-order valence-electron chi connectivity index (χ3n) is 6.96. The number of ether oxygens (including phenoxy) is 2. The molecule has 4 rings (SSSR count). The van der Waals surface area contributed by atoms with Gasteiger partial charge >= 0.3 is 0 Å². The first-order valence-electron chi connectivity index (χ1n) is 10.4. The molecule has 2 heterocycles. The van der Waals surface area contributed by atoms with E-state index in [2.05, 4.69) is 33.4 Å². The number of nitrogens with one attached hydrogen (secondary N) is 1. The Hall–Kier alpha value is -1.02. The van der Waals surface area contributed by atoms with Crippen LogP contribution in [-0.2, 0) is 10.2 Å². The summed E-state index contributed by atoms with van der Waals surface area (Å²) in [5.41, 5.74) is 1.93. The van der Waals surface area contributed by atoms with E-state index in [4.69, 9.17) is 9.47 Å². The molecular formula is C22H34IN3O2. The number of rotatable bonds is 4. The molecule has 1 aromatic carbocycles. The summed E-state index contributed by atoms with van der Waals surface area (Å²) >= 11 is 0. The topological polar surface area (TPSA) is 46.1 Å². The lowest BCUT2D eigenvalue weighted by atomic mass is 9.78. The fraction of sp³-hybridized carbons (Fsp3) is 0.682. The van der Waals surface area contributed by atoms with Gasteiger partial charge in [0.15, 0.2) is 5.96 Å². The molecule has 0 amide bonds. The van der Waals surface area contributed by atoms with E-state index in [0.29, 0.717) is 5.41 Å². The van der Waals surface area contributed by atoms with Crippen molar-refractivity contribution in [2.75, 3.05) is 47.0 Å². The first kappa shape index (κ1) is 21.7. The van der Waals surface area contributed by atoms with Crippen molar-refractivity contribution in [1.82, 2.24) is 10.2 Å². The van der Waals surface area contributed by atoms with E-state index in [9.17, 15) is 0 Å². The lowest BCUT2D eigenvalue weighted by Gasteiger charge is -2.33. The van der Waals surface area contributed by atoms with Gasteiger partial charge in [-0.2, -0.15) is 0 Å². The normalized spacial score (nSPS) is 26.5. The van der Waals surface area contributed by atoms with Crippen LogP contribution >= 0.6 is 24.0 Å². The van der Waals surface area contributed by atoms with Gasteiger partial charge < -0.3 is 19.7 Å². The molecule has 3 aliphatic rings. The second-order valence-electron chi connectivity index (χ2n) is 8.59. The Morgan fingerprint density at radius 3 is 2.75 bits per heavy atom. The molecule has 3 fully saturated rings. The van der Waals surface area contributed by atoms with Gasteiger partial charge in [0.25, 0.3) is 0 Å². The number of halogens is 1. The number of aliphatic imine (C=N–C) groups is 1. The minimum absolute atomic E-state index is 0. The van der Waals surface area contributed by atoms with Crippen LogP contribution in [0.25, 0.3) is 0 Å². The van der Waals surface area contributed by atoms with Crippen LogP contribution in [0.5, 0.6) is 5.75 Å². The number of methoxy groups -OCH3 is 1. The van der Waals surface area contributed by atoms with Crippen LogP contribution in [0.1, 0.15) is 44.1 Å². The molecule has 0 aromatic heterocycles. The third kappa shape index (κ3) is 4.27. The summed E-state index contributed by atoms with van der Waals surface area (Å²) in [5, 5.41) is 3.73. The Kier molecular flexibility index (Phi) is 7.12. The largest absolute Gasteiger partial charge is 0.497 e. The van der Waals surface area contributed by atoms with E-state index in [1.807, 2.05) is 13.1 Å². The molecule has 6 heteroatoms. The molecule has 1 N–H and O–H groups in total. The Morgan fingerprint density at radius 2 is 2.07 bits per heavy atom. The summed E-state index contributed by atoms with van der Waals surface area (Å²) in [5.74, 6) is 2.00. The minimum Gasteiger partial charge on any atom is -0.497 e. The van der Waals surface area contributed by atoms with E-state index >= 15 is 0 Å². The predicted octanol–water partition coefficient (Wildman–Crippen LogP) is 3.81. The molecule has 0 radical (unpaired) electrons. The van der Waals surface area contributed by atoms with Crippen molar-refractivity contribution in [3.05, 3.63) is 29.8 Å². The minimum atomic E-state index is 0. The lowest BCUT2D eigenvalue weighted by molar-refractivity contribution is 0.156. The summed E-state index contributed by atoms with van der Waals surface area (Å²) in [6.07, 6.45) is 7.44. The van der Waals surface area contributed by atoms with Crippen molar-refractivity contribution in [3.63, 3.8) is 0 Å². The highest BCUT2D eigenvalue weighted by atomic mass is 127. The molecule has 1 unspecified atom stereocenters. The summed E-state index contributed by atoms with van der Waals surface area (Å²) in [4.78, 5) is 7.04. The molecule has 2 aliphatic heterocycles. The molecule has 0 bridgehead atoms. The molecule has 2 saturated heterocycles. The maximum Gasteiger partial charge on any atom is 0.193 e. The number of benzene rings is 1. The van der Waals surface area contributed by atoms with Crippen LogP contribution < -0.4 is 10.1 Å². The molecule has 1 aliphatic carbocycles. The van der Waals surface area contributed by atoms with Crippen LogP contribution in [0, 0.1) is 5.41 Å². The Morgan fingerprint density at radius 1 is 1.25 bits per heavy atom. The second-order valence-corrected chi connectivity index (χ2v) is 8.59. The zero-order chi connectivity index (χ0) is 18.7. The van der Waals surface area contributed by atoms with Gasteiger partial charge in [-0.05, 0) is 43.4 Å². The zero-order valence-electron chi connectivity index (χ0n) is 17.2. The van der Waals surface area contributed by atoms with Crippen molar-refractivity contribution in [2.24, 2.45) is 10.4 Å². The van der Waals surface area contributed by atoms with Gasteiger partial charge in [0.2, 0.25) is 0 Å². The van der Waals surface area contributed by atoms with Crippen molar-refractivity contribution in [3.8, 4) is 5.75 Å². The summed E-state index contributed by atoms with van der Waals surface area (Å²) in [7, 11) is 3.65. The summed E-state index contributed by atoms with van der Waals surface area (Å²) in [6, 6.07) is 8.63. The lowest BCUT2D eigenvalue weighted by Crippen LogP contribution is -2.46. The van der Waals surface area contributed by atoms with Gasteiger partial charge in [-0.15, -0.1) is 24.0 Å². The molecule has 28 heavy (non-hydrogen) atoms. The molecule has 5 nitrogen and oxygen atoms in total. The SMILES string of the molecule is CN=C(NCC1(c2cccc(OC)c2)CCCC1)N1CCC2(CCOC2)C1.I. The maximum atomic E-state index is 5.68. The zero-order valence-corrected chi connectivity index (χ0v) is 19.5. The predicted molar refractivity (Wildman–Crippen MR) is 124 cm³/mol. The van der Waals surface area contributed by atoms with E-state index in [1.165, 1.54) is 44.1 Å². The quantitative estimate of drug-likeness (QED) is 0.389. The molecule has 156 valence electrons. The highest BCUT2D eigenvalue weighted by Crippen LogP contribution is 2.42. The van der Waals surface area contributed by atoms with Gasteiger partial charge in [0.05, 0.1) is 13.7 Å². The summed E-state index contributed by atoms with van der Waals surface area (Å²) < 4.78 is 11.2. The van der Waals surface area contributed by atoms with E-state index < -0.39 is 0 Å². The number of hydrogen-bond acceptors (Lipinski definition) is 3. The Bertz CT molecular complexity index is 682.